The zero-order valence-electron chi connectivity index (χ0n) is 9.92. The first-order chi connectivity index (χ1) is 6.74. The molecule has 0 N–H and O–H groups in total. The summed E-state index contributed by atoms with van der Waals surface area (Å²) in [7, 11) is 0. The van der Waals surface area contributed by atoms with Crippen molar-refractivity contribution in [3.05, 3.63) is 0 Å². The van der Waals surface area contributed by atoms with Gasteiger partial charge in [-0.2, -0.15) is 10.3 Å². The van der Waals surface area contributed by atoms with E-state index in [4.69, 9.17) is 0 Å². The van der Waals surface area contributed by atoms with Gasteiger partial charge in [0.15, 0.2) is 5.54 Å². The molecule has 0 aromatic rings. The van der Waals surface area contributed by atoms with E-state index >= 15 is 0 Å². The number of carbonyl (C=O) groups excluding carboxylic acids is 1. The zero-order chi connectivity index (χ0) is 11.7. The Labute approximate surface area is 91.2 Å². The van der Waals surface area contributed by atoms with Gasteiger partial charge in [0.05, 0.1) is 6.07 Å². The number of isocyanates is 1. The maximum absolute atomic E-state index is 10.4. The summed E-state index contributed by atoms with van der Waals surface area (Å²) in [6.45, 7) is 8.50. The van der Waals surface area contributed by atoms with Gasteiger partial charge in [-0.15, -0.1) is 0 Å². The molecular weight excluding hydrogens is 188 g/mol. The lowest BCUT2D eigenvalue weighted by Gasteiger charge is -2.46. The maximum atomic E-state index is 10.4. The molecule has 0 amide bonds. The van der Waals surface area contributed by atoms with Gasteiger partial charge in [0.2, 0.25) is 6.08 Å². The van der Waals surface area contributed by atoms with Crippen LogP contribution in [0.5, 0.6) is 0 Å². The molecule has 3 nitrogen and oxygen atoms in total. The van der Waals surface area contributed by atoms with Crippen LogP contribution in [0.2, 0.25) is 0 Å². The van der Waals surface area contributed by atoms with Gasteiger partial charge < -0.3 is 0 Å². The molecule has 3 heteroatoms. The number of aliphatic imine (C=N–C) groups is 1. The maximum Gasteiger partial charge on any atom is 0.236 e. The lowest BCUT2D eigenvalue weighted by atomic mass is 9.59. The third kappa shape index (κ3) is 2.67. The molecule has 0 saturated heterocycles. The molecule has 0 heterocycles. The molecule has 1 rings (SSSR count). The normalized spacial score (nSPS) is 26.1. The van der Waals surface area contributed by atoms with Crippen molar-refractivity contribution in [2.45, 2.75) is 52.5 Å². The van der Waals surface area contributed by atoms with Gasteiger partial charge in [-0.05, 0) is 30.1 Å². The summed E-state index contributed by atoms with van der Waals surface area (Å²) in [6.07, 6.45) is 3.91. The number of nitriles is 1. The van der Waals surface area contributed by atoms with Crippen LogP contribution in [0.4, 0.5) is 0 Å². The second-order valence-corrected chi connectivity index (χ2v) is 6.21. The lowest BCUT2D eigenvalue weighted by molar-refractivity contribution is 0.0739. The molecule has 0 aromatic carbocycles. The minimum atomic E-state index is -0.854. The van der Waals surface area contributed by atoms with Gasteiger partial charge in [-0.1, -0.05) is 27.7 Å². The van der Waals surface area contributed by atoms with Crippen molar-refractivity contribution in [3.63, 3.8) is 0 Å². The summed E-state index contributed by atoms with van der Waals surface area (Å²) in [5.41, 5.74) is -0.747. The van der Waals surface area contributed by atoms with Gasteiger partial charge in [-0.25, -0.2) is 4.79 Å². The Hall–Kier alpha value is -1.13. The van der Waals surface area contributed by atoms with Gasteiger partial charge in [-0.3, -0.25) is 0 Å². The van der Waals surface area contributed by atoms with E-state index in [1.54, 1.807) is 6.08 Å². The average molecular weight is 206 g/mol. The van der Waals surface area contributed by atoms with E-state index in [-0.39, 0.29) is 10.8 Å². The number of nitrogens with zero attached hydrogens (tertiary/aromatic N) is 2. The van der Waals surface area contributed by atoms with Gasteiger partial charge in [0.1, 0.15) is 0 Å². The van der Waals surface area contributed by atoms with E-state index in [0.29, 0.717) is 12.8 Å². The first-order valence-electron chi connectivity index (χ1n) is 5.25. The van der Waals surface area contributed by atoms with Crippen molar-refractivity contribution in [3.8, 4) is 6.07 Å². The summed E-state index contributed by atoms with van der Waals surface area (Å²) in [5.74, 6) is 0. The fourth-order valence-electron chi connectivity index (χ4n) is 3.34. The Bertz CT molecular complexity index is 327. The van der Waals surface area contributed by atoms with E-state index in [2.05, 4.69) is 38.8 Å². The highest BCUT2D eigenvalue weighted by atomic mass is 16.1. The van der Waals surface area contributed by atoms with E-state index in [1.807, 2.05) is 0 Å². The molecule has 0 aliphatic heterocycles. The second-order valence-electron chi connectivity index (χ2n) is 6.21. The topological polar surface area (TPSA) is 53.2 Å². The van der Waals surface area contributed by atoms with Crippen LogP contribution in [-0.2, 0) is 4.79 Å². The van der Waals surface area contributed by atoms with E-state index < -0.39 is 5.54 Å². The van der Waals surface area contributed by atoms with Crippen LogP contribution >= 0.6 is 0 Å². The van der Waals surface area contributed by atoms with Crippen molar-refractivity contribution in [2.75, 3.05) is 0 Å². The fraction of sp³-hybridized carbons (Fsp3) is 0.833. The highest BCUT2D eigenvalue weighted by Crippen LogP contribution is 2.51. The number of hydrogen-bond donors (Lipinski definition) is 0. The smallest absolute Gasteiger partial charge is 0.211 e. The molecule has 82 valence electrons. The van der Waals surface area contributed by atoms with E-state index in [1.165, 1.54) is 0 Å². The van der Waals surface area contributed by atoms with Crippen molar-refractivity contribution < 1.29 is 4.79 Å². The second kappa shape index (κ2) is 3.47. The van der Waals surface area contributed by atoms with Crippen LogP contribution in [0.25, 0.3) is 0 Å². The summed E-state index contributed by atoms with van der Waals surface area (Å²) in [4.78, 5) is 14.2. The Kier molecular flexibility index (Phi) is 2.76. The summed E-state index contributed by atoms with van der Waals surface area (Å²) >= 11 is 0. The Morgan fingerprint density at radius 3 is 1.87 bits per heavy atom. The highest BCUT2D eigenvalue weighted by molar-refractivity contribution is 5.37. The first kappa shape index (κ1) is 11.9. The van der Waals surface area contributed by atoms with E-state index in [0.717, 1.165) is 6.42 Å². The molecule has 0 spiro atoms. The largest absolute Gasteiger partial charge is 0.236 e. The Morgan fingerprint density at radius 2 is 1.53 bits per heavy atom. The predicted octanol–water partition coefficient (Wildman–Crippen LogP) is 2.82. The minimum Gasteiger partial charge on any atom is -0.211 e. The van der Waals surface area contributed by atoms with Crippen LogP contribution in [0.3, 0.4) is 0 Å². The molecule has 1 fully saturated rings. The molecule has 1 saturated carbocycles. The van der Waals surface area contributed by atoms with Crippen molar-refractivity contribution in [2.24, 2.45) is 15.8 Å². The first-order valence-corrected chi connectivity index (χ1v) is 5.25. The lowest BCUT2D eigenvalue weighted by Crippen LogP contribution is -2.44. The third-order valence-corrected chi connectivity index (χ3v) is 2.97. The van der Waals surface area contributed by atoms with Gasteiger partial charge in [0, 0.05) is 0 Å². The molecule has 15 heavy (non-hydrogen) atoms. The standard InChI is InChI=1S/C12H18N2O/c1-10(2)5-11(3,4)7-12(6-10,8-13)14-9-15/h5-7H2,1-4H3. The molecular formula is C12H18N2O. The van der Waals surface area contributed by atoms with Crippen LogP contribution < -0.4 is 0 Å². The summed E-state index contributed by atoms with van der Waals surface area (Å²) < 4.78 is 0. The van der Waals surface area contributed by atoms with E-state index in [9.17, 15) is 10.1 Å². The molecule has 0 unspecified atom stereocenters. The van der Waals surface area contributed by atoms with Crippen molar-refractivity contribution >= 4 is 6.08 Å². The van der Waals surface area contributed by atoms with Crippen LogP contribution in [0, 0.1) is 22.2 Å². The number of hydrogen-bond acceptors (Lipinski definition) is 3. The van der Waals surface area contributed by atoms with Gasteiger partial charge >= 0.3 is 0 Å². The minimum absolute atomic E-state index is 0.0534. The number of rotatable bonds is 1. The third-order valence-electron chi connectivity index (χ3n) is 2.97. The summed E-state index contributed by atoms with van der Waals surface area (Å²) in [6, 6.07) is 2.20. The van der Waals surface area contributed by atoms with Gasteiger partial charge in [0.25, 0.3) is 0 Å². The quantitative estimate of drug-likeness (QED) is 0.489. The van der Waals surface area contributed by atoms with Crippen molar-refractivity contribution in [1.29, 1.82) is 5.26 Å². The molecule has 0 radical (unpaired) electrons. The Balaban J connectivity index is 3.11. The van der Waals surface area contributed by atoms with Crippen LogP contribution in [0.1, 0.15) is 47.0 Å². The summed E-state index contributed by atoms with van der Waals surface area (Å²) in [5, 5.41) is 9.21. The van der Waals surface area contributed by atoms with Crippen LogP contribution in [-0.4, -0.2) is 11.6 Å². The monoisotopic (exact) mass is 206 g/mol. The van der Waals surface area contributed by atoms with Crippen LogP contribution in [0.15, 0.2) is 4.99 Å². The highest BCUT2D eigenvalue weighted by Gasteiger charge is 2.48. The predicted molar refractivity (Wildman–Crippen MR) is 57.9 cm³/mol. The van der Waals surface area contributed by atoms with Crippen molar-refractivity contribution in [1.82, 2.24) is 0 Å². The molecule has 1 aliphatic carbocycles. The molecule has 0 bridgehead atoms. The Morgan fingerprint density at radius 1 is 1.07 bits per heavy atom. The molecule has 0 aromatic heterocycles. The SMILES string of the molecule is CC1(C)CC(C)(C)CC(C#N)(N=C=O)C1. The zero-order valence-corrected chi connectivity index (χ0v) is 9.92. The molecule has 0 atom stereocenters. The fourth-order valence-corrected chi connectivity index (χ4v) is 3.34. The average Bonchev–Trinajstić information content (AvgIpc) is 1.98. The molecule has 1 aliphatic rings.